The van der Waals surface area contributed by atoms with Crippen LogP contribution in [-0.4, -0.2) is 25.9 Å². The zero-order chi connectivity index (χ0) is 16.1. The molecular weight excluding hydrogens is 288 g/mol. The van der Waals surface area contributed by atoms with E-state index in [0.29, 0.717) is 12.5 Å². The Morgan fingerprint density at radius 2 is 1.48 bits per heavy atom. The third-order valence-corrected chi connectivity index (χ3v) is 4.11. The summed E-state index contributed by atoms with van der Waals surface area (Å²) in [4.78, 5) is 0. The smallest absolute Gasteiger partial charge is 0.119 e. The van der Waals surface area contributed by atoms with Crippen molar-refractivity contribution in [2.75, 3.05) is 19.8 Å². The van der Waals surface area contributed by atoms with Crippen LogP contribution in [0.2, 0.25) is 0 Å². The lowest BCUT2D eigenvalue weighted by Crippen LogP contribution is -2.06. The number of rotatable bonds is 8. The van der Waals surface area contributed by atoms with Gasteiger partial charge in [0.25, 0.3) is 0 Å². The van der Waals surface area contributed by atoms with E-state index in [2.05, 4.69) is 38.1 Å². The molecule has 3 rings (SSSR count). The molecular formula is C20H24O3. The fourth-order valence-corrected chi connectivity index (χ4v) is 2.20. The van der Waals surface area contributed by atoms with E-state index >= 15 is 0 Å². The summed E-state index contributed by atoms with van der Waals surface area (Å²) in [6.45, 7) is 6.62. The average molecular weight is 312 g/mol. The largest absolute Gasteiger partial charge is 0.493 e. The van der Waals surface area contributed by atoms with Crippen LogP contribution < -0.4 is 9.47 Å². The molecule has 2 unspecified atom stereocenters. The van der Waals surface area contributed by atoms with Crippen molar-refractivity contribution in [2.24, 2.45) is 5.92 Å². The van der Waals surface area contributed by atoms with Gasteiger partial charge in [-0.1, -0.05) is 44.5 Å². The molecule has 0 bridgehead atoms. The Morgan fingerprint density at radius 3 is 1.96 bits per heavy atom. The fourth-order valence-electron chi connectivity index (χ4n) is 2.20. The molecule has 23 heavy (non-hydrogen) atoms. The minimum absolute atomic E-state index is 0.289. The maximum atomic E-state index is 5.80. The van der Waals surface area contributed by atoms with Crippen LogP contribution in [-0.2, 0) is 4.74 Å². The highest BCUT2D eigenvalue weighted by molar-refractivity contribution is 5.64. The molecule has 122 valence electrons. The van der Waals surface area contributed by atoms with Gasteiger partial charge in [0, 0.05) is 0 Å². The Hall–Kier alpha value is -2.00. The second-order valence-electron chi connectivity index (χ2n) is 6.14. The molecule has 1 heterocycles. The van der Waals surface area contributed by atoms with Gasteiger partial charge in [0.2, 0.25) is 0 Å². The van der Waals surface area contributed by atoms with Crippen molar-refractivity contribution in [3.8, 4) is 22.6 Å². The molecule has 0 N–H and O–H groups in total. The molecule has 0 amide bonds. The molecule has 1 fully saturated rings. The number of hydrogen-bond acceptors (Lipinski definition) is 3. The first-order valence-electron chi connectivity index (χ1n) is 8.32. The van der Waals surface area contributed by atoms with Crippen molar-refractivity contribution in [2.45, 2.75) is 26.4 Å². The van der Waals surface area contributed by atoms with E-state index in [4.69, 9.17) is 14.2 Å². The van der Waals surface area contributed by atoms with Gasteiger partial charge in [-0.2, -0.15) is 0 Å². The Kier molecular flexibility index (Phi) is 5.19. The van der Waals surface area contributed by atoms with E-state index in [1.165, 1.54) is 11.1 Å². The van der Waals surface area contributed by atoms with Crippen molar-refractivity contribution in [1.29, 1.82) is 0 Å². The first-order chi connectivity index (χ1) is 11.2. The van der Waals surface area contributed by atoms with Gasteiger partial charge in [-0.25, -0.2) is 0 Å². The maximum absolute atomic E-state index is 5.80. The molecule has 1 aliphatic heterocycles. The SMILES string of the molecule is CCC(C)COc1ccc(-c2ccc(OCC3CO3)cc2)cc1. The molecule has 0 spiro atoms. The summed E-state index contributed by atoms with van der Waals surface area (Å²) in [6.07, 6.45) is 1.43. The van der Waals surface area contributed by atoms with Crippen molar-refractivity contribution < 1.29 is 14.2 Å². The second-order valence-corrected chi connectivity index (χ2v) is 6.14. The van der Waals surface area contributed by atoms with Crippen LogP contribution in [0.5, 0.6) is 11.5 Å². The van der Waals surface area contributed by atoms with Crippen LogP contribution in [0.15, 0.2) is 48.5 Å². The second kappa shape index (κ2) is 7.51. The van der Waals surface area contributed by atoms with Crippen molar-refractivity contribution in [1.82, 2.24) is 0 Å². The molecule has 3 nitrogen and oxygen atoms in total. The highest BCUT2D eigenvalue weighted by Gasteiger charge is 2.22. The van der Waals surface area contributed by atoms with Gasteiger partial charge in [-0.05, 0) is 41.3 Å². The molecule has 0 saturated carbocycles. The molecule has 0 radical (unpaired) electrons. The summed E-state index contributed by atoms with van der Waals surface area (Å²) in [5, 5.41) is 0. The summed E-state index contributed by atoms with van der Waals surface area (Å²) in [5.41, 5.74) is 2.35. The van der Waals surface area contributed by atoms with Gasteiger partial charge in [0.15, 0.2) is 0 Å². The van der Waals surface area contributed by atoms with Crippen LogP contribution in [0, 0.1) is 5.92 Å². The van der Waals surface area contributed by atoms with Crippen LogP contribution >= 0.6 is 0 Å². The molecule has 1 saturated heterocycles. The molecule has 1 aliphatic rings. The normalized spacial score (nSPS) is 17.6. The number of epoxide rings is 1. The molecule has 3 heteroatoms. The summed E-state index contributed by atoms with van der Waals surface area (Å²) < 4.78 is 16.6. The average Bonchev–Trinajstić information content (AvgIpc) is 3.43. The molecule has 0 aromatic heterocycles. The van der Waals surface area contributed by atoms with Crippen molar-refractivity contribution in [3.63, 3.8) is 0 Å². The van der Waals surface area contributed by atoms with Crippen molar-refractivity contribution >= 4 is 0 Å². The van der Waals surface area contributed by atoms with E-state index < -0.39 is 0 Å². The highest BCUT2D eigenvalue weighted by atomic mass is 16.6. The summed E-state index contributed by atoms with van der Waals surface area (Å²) in [7, 11) is 0. The summed E-state index contributed by atoms with van der Waals surface area (Å²) >= 11 is 0. The lowest BCUT2D eigenvalue weighted by atomic mass is 10.1. The van der Waals surface area contributed by atoms with E-state index in [-0.39, 0.29) is 6.10 Å². The van der Waals surface area contributed by atoms with Gasteiger partial charge in [-0.3, -0.25) is 0 Å². The maximum Gasteiger partial charge on any atom is 0.119 e. The van der Waals surface area contributed by atoms with Crippen LogP contribution in [0.4, 0.5) is 0 Å². The van der Waals surface area contributed by atoms with Gasteiger partial charge < -0.3 is 14.2 Å². The first kappa shape index (κ1) is 15.9. The Labute approximate surface area is 138 Å². The van der Waals surface area contributed by atoms with Crippen LogP contribution in [0.25, 0.3) is 11.1 Å². The summed E-state index contributed by atoms with van der Waals surface area (Å²) in [5.74, 6) is 2.40. The lowest BCUT2D eigenvalue weighted by molar-refractivity contribution is 0.256. The van der Waals surface area contributed by atoms with Crippen LogP contribution in [0.3, 0.4) is 0 Å². The monoisotopic (exact) mass is 312 g/mol. The topological polar surface area (TPSA) is 31.0 Å². The number of hydrogen-bond donors (Lipinski definition) is 0. The Balaban J connectivity index is 1.57. The Bertz CT molecular complexity index is 600. The van der Waals surface area contributed by atoms with E-state index in [9.17, 15) is 0 Å². The van der Waals surface area contributed by atoms with E-state index in [1.54, 1.807) is 0 Å². The zero-order valence-corrected chi connectivity index (χ0v) is 13.8. The van der Waals surface area contributed by atoms with E-state index in [1.807, 2.05) is 24.3 Å². The molecule has 2 aromatic rings. The van der Waals surface area contributed by atoms with Gasteiger partial charge >= 0.3 is 0 Å². The third-order valence-electron chi connectivity index (χ3n) is 4.11. The number of ether oxygens (including phenoxy) is 3. The molecule has 0 aliphatic carbocycles. The molecule has 2 atom stereocenters. The molecule has 2 aromatic carbocycles. The van der Waals surface area contributed by atoms with Crippen LogP contribution in [0.1, 0.15) is 20.3 Å². The van der Waals surface area contributed by atoms with Gasteiger partial charge in [0.1, 0.15) is 24.2 Å². The number of benzene rings is 2. The minimum atomic E-state index is 0.289. The third kappa shape index (κ3) is 4.73. The van der Waals surface area contributed by atoms with E-state index in [0.717, 1.165) is 31.1 Å². The Morgan fingerprint density at radius 1 is 0.957 bits per heavy atom. The zero-order valence-electron chi connectivity index (χ0n) is 13.8. The predicted octanol–water partition coefficient (Wildman–Crippen LogP) is 4.56. The summed E-state index contributed by atoms with van der Waals surface area (Å²) in [6, 6.07) is 16.4. The quantitative estimate of drug-likeness (QED) is 0.670. The van der Waals surface area contributed by atoms with Gasteiger partial charge in [-0.15, -0.1) is 0 Å². The lowest BCUT2D eigenvalue weighted by Gasteiger charge is -2.11. The van der Waals surface area contributed by atoms with Crippen molar-refractivity contribution in [3.05, 3.63) is 48.5 Å². The highest BCUT2D eigenvalue weighted by Crippen LogP contribution is 2.25. The predicted molar refractivity (Wildman–Crippen MR) is 92.1 cm³/mol. The minimum Gasteiger partial charge on any atom is -0.493 e. The fraction of sp³-hybridized carbons (Fsp3) is 0.400. The standard InChI is InChI=1S/C20H24O3/c1-3-15(2)12-21-18-8-4-16(5-9-18)17-6-10-19(11-7-17)22-13-20-14-23-20/h4-11,15,20H,3,12-14H2,1-2H3. The first-order valence-corrected chi connectivity index (χ1v) is 8.32. The van der Waals surface area contributed by atoms with Gasteiger partial charge in [0.05, 0.1) is 13.2 Å².